The molecule has 1 aromatic rings. The monoisotopic (exact) mass is 375 g/mol. The number of ketones is 1. The van der Waals surface area contributed by atoms with Gasteiger partial charge >= 0.3 is 5.97 Å². The lowest BCUT2D eigenvalue weighted by atomic mass is 10.2. The largest absolute Gasteiger partial charge is 0.464 e. The van der Waals surface area contributed by atoms with Crippen LogP contribution in [-0.4, -0.2) is 47.6 Å². The van der Waals surface area contributed by atoms with E-state index in [1.54, 1.807) is 0 Å². The van der Waals surface area contributed by atoms with E-state index in [0.29, 0.717) is 0 Å². The van der Waals surface area contributed by atoms with Crippen LogP contribution in [0.3, 0.4) is 0 Å². The molecule has 0 radical (unpaired) electrons. The van der Waals surface area contributed by atoms with Crippen LogP contribution in [0.2, 0.25) is 0 Å². The maximum absolute atomic E-state index is 11.9. The van der Waals surface area contributed by atoms with Gasteiger partial charge in [-0.1, -0.05) is 34.8 Å². The summed E-state index contributed by atoms with van der Waals surface area (Å²) in [5.41, 5.74) is -0.0253. The molecule has 0 aliphatic rings. The second-order valence-corrected chi connectivity index (χ2v) is 8.80. The van der Waals surface area contributed by atoms with Crippen molar-refractivity contribution in [3.05, 3.63) is 23.5 Å². The predicted molar refractivity (Wildman–Crippen MR) is 80.1 cm³/mol. The molecule has 0 saturated heterocycles. The first-order chi connectivity index (χ1) is 9.45. The fourth-order valence-corrected chi connectivity index (χ4v) is 2.38. The number of nitrogens with zero attached hydrogens (tertiary/aromatic N) is 1. The Morgan fingerprint density at radius 3 is 2.33 bits per heavy atom. The SMILES string of the molecule is COC(=O)c1cc(C(=O)C(Cl)(Cl)Cl)cn1CCS(C)(=O)=O. The van der Waals surface area contributed by atoms with E-state index in [9.17, 15) is 18.0 Å². The maximum Gasteiger partial charge on any atom is 0.354 e. The molecule has 0 N–H and O–H groups in total. The number of carbonyl (C=O) groups excluding carboxylic acids is 2. The fourth-order valence-electron chi connectivity index (χ4n) is 1.52. The van der Waals surface area contributed by atoms with E-state index in [-0.39, 0.29) is 23.6 Å². The summed E-state index contributed by atoms with van der Waals surface area (Å²) in [5, 5.41) is 0. The number of sulfone groups is 1. The molecule has 0 spiro atoms. The Balaban J connectivity index is 3.19. The van der Waals surface area contributed by atoms with Crippen LogP contribution in [-0.2, 0) is 21.1 Å². The first-order valence-corrected chi connectivity index (χ1v) is 8.73. The van der Waals surface area contributed by atoms with Gasteiger partial charge in [0.05, 0.1) is 12.9 Å². The molecule has 0 fully saturated rings. The second kappa shape index (κ2) is 6.56. The zero-order valence-electron chi connectivity index (χ0n) is 11.1. The number of methoxy groups -OCH3 is 1. The van der Waals surface area contributed by atoms with Crippen LogP contribution in [0, 0.1) is 0 Å². The third-order valence-electron chi connectivity index (χ3n) is 2.51. The second-order valence-electron chi connectivity index (χ2n) is 4.26. The molecule has 0 aliphatic heterocycles. The number of aryl methyl sites for hydroxylation is 1. The molecule has 0 amide bonds. The number of halogens is 3. The van der Waals surface area contributed by atoms with Crippen molar-refractivity contribution in [2.24, 2.45) is 0 Å². The molecule has 0 bridgehead atoms. The van der Waals surface area contributed by atoms with E-state index in [0.717, 1.165) is 13.4 Å². The number of carbonyl (C=O) groups is 2. The van der Waals surface area contributed by atoms with Crippen molar-refractivity contribution >= 4 is 56.4 Å². The number of aromatic nitrogens is 1. The first kappa shape index (κ1) is 18.3. The van der Waals surface area contributed by atoms with Crippen molar-refractivity contribution in [1.82, 2.24) is 4.57 Å². The van der Waals surface area contributed by atoms with E-state index in [1.165, 1.54) is 16.8 Å². The average Bonchev–Trinajstić information content (AvgIpc) is 2.76. The van der Waals surface area contributed by atoms with Gasteiger partial charge in [-0.25, -0.2) is 13.2 Å². The first-order valence-electron chi connectivity index (χ1n) is 5.53. The van der Waals surface area contributed by atoms with Gasteiger partial charge in [-0.3, -0.25) is 4.79 Å². The third-order valence-corrected chi connectivity index (χ3v) is 3.95. The third kappa shape index (κ3) is 5.18. The van der Waals surface area contributed by atoms with E-state index >= 15 is 0 Å². The van der Waals surface area contributed by atoms with Crippen LogP contribution < -0.4 is 0 Å². The minimum absolute atomic E-state index is 0.00116. The lowest BCUT2D eigenvalue weighted by Gasteiger charge is -2.07. The number of hydrogen-bond acceptors (Lipinski definition) is 5. The summed E-state index contributed by atoms with van der Waals surface area (Å²) < 4.78 is 26.1. The van der Waals surface area contributed by atoms with Crippen LogP contribution in [0.5, 0.6) is 0 Å². The van der Waals surface area contributed by atoms with Gasteiger partial charge in [0.25, 0.3) is 3.79 Å². The van der Waals surface area contributed by atoms with Gasteiger partial charge in [0.2, 0.25) is 5.78 Å². The Morgan fingerprint density at radius 1 is 1.33 bits per heavy atom. The van der Waals surface area contributed by atoms with Gasteiger partial charge < -0.3 is 9.30 Å². The van der Waals surface area contributed by atoms with Crippen molar-refractivity contribution in [2.75, 3.05) is 19.1 Å². The van der Waals surface area contributed by atoms with Crippen LogP contribution in [0.25, 0.3) is 0 Å². The molecule has 118 valence electrons. The topological polar surface area (TPSA) is 82.4 Å². The molecular weight excluding hydrogens is 365 g/mol. The molecule has 0 aliphatic carbocycles. The lowest BCUT2D eigenvalue weighted by molar-refractivity contribution is 0.0588. The number of alkyl halides is 3. The molecule has 0 unspecified atom stereocenters. The van der Waals surface area contributed by atoms with Gasteiger partial charge in [-0.05, 0) is 6.07 Å². The molecule has 21 heavy (non-hydrogen) atoms. The molecule has 0 aromatic carbocycles. The van der Waals surface area contributed by atoms with Crippen molar-refractivity contribution in [3.8, 4) is 0 Å². The van der Waals surface area contributed by atoms with Crippen LogP contribution in [0.4, 0.5) is 0 Å². The van der Waals surface area contributed by atoms with Gasteiger partial charge in [0, 0.05) is 24.6 Å². The molecule has 6 nitrogen and oxygen atoms in total. The molecule has 1 heterocycles. The zero-order valence-corrected chi connectivity index (χ0v) is 14.2. The summed E-state index contributed by atoms with van der Waals surface area (Å²) in [6.07, 6.45) is 2.31. The van der Waals surface area contributed by atoms with E-state index < -0.39 is 25.4 Å². The van der Waals surface area contributed by atoms with E-state index in [2.05, 4.69) is 4.74 Å². The van der Waals surface area contributed by atoms with Crippen molar-refractivity contribution in [2.45, 2.75) is 10.3 Å². The van der Waals surface area contributed by atoms with Gasteiger partial charge in [0.1, 0.15) is 15.5 Å². The highest BCUT2D eigenvalue weighted by Crippen LogP contribution is 2.31. The van der Waals surface area contributed by atoms with Crippen LogP contribution in [0.1, 0.15) is 20.8 Å². The van der Waals surface area contributed by atoms with Crippen molar-refractivity contribution in [3.63, 3.8) is 0 Å². The smallest absolute Gasteiger partial charge is 0.354 e. The highest BCUT2D eigenvalue weighted by Gasteiger charge is 2.33. The number of rotatable bonds is 5. The quantitative estimate of drug-likeness (QED) is 0.445. The average molecular weight is 377 g/mol. The Hall–Kier alpha value is -0.760. The molecule has 1 rings (SSSR count). The Kier molecular flexibility index (Phi) is 5.71. The summed E-state index contributed by atoms with van der Waals surface area (Å²) in [4.78, 5) is 23.5. The van der Waals surface area contributed by atoms with Gasteiger partial charge in [-0.15, -0.1) is 0 Å². The minimum atomic E-state index is -3.25. The van der Waals surface area contributed by atoms with Crippen LogP contribution in [0.15, 0.2) is 12.3 Å². The summed E-state index contributed by atoms with van der Waals surface area (Å²) in [7, 11) is -2.09. The van der Waals surface area contributed by atoms with Crippen LogP contribution >= 0.6 is 34.8 Å². The number of esters is 1. The highest BCUT2D eigenvalue weighted by molar-refractivity contribution is 7.90. The van der Waals surface area contributed by atoms with E-state index in [4.69, 9.17) is 34.8 Å². The summed E-state index contributed by atoms with van der Waals surface area (Å²) in [6, 6.07) is 1.19. The summed E-state index contributed by atoms with van der Waals surface area (Å²) >= 11 is 16.5. The maximum atomic E-state index is 11.9. The van der Waals surface area contributed by atoms with Crippen molar-refractivity contribution < 1.29 is 22.7 Å². The van der Waals surface area contributed by atoms with Crippen molar-refractivity contribution in [1.29, 1.82) is 0 Å². The standard InChI is InChI=1S/C11H12Cl3NO5S/c1-20-10(17)8-5-7(9(16)11(12,13)14)6-15(8)3-4-21(2,18)19/h5-6H,3-4H2,1-2H3. The highest BCUT2D eigenvalue weighted by atomic mass is 35.6. The Bertz CT molecular complexity index is 660. The Labute approximate surface area is 136 Å². The summed E-state index contributed by atoms with van der Waals surface area (Å²) in [6.45, 7) is -0.0313. The van der Waals surface area contributed by atoms with Gasteiger partial charge in [-0.2, -0.15) is 0 Å². The molecule has 1 aromatic heterocycles. The number of hydrogen-bond donors (Lipinski definition) is 0. The van der Waals surface area contributed by atoms with Gasteiger partial charge in [0.15, 0.2) is 0 Å². The minimum Gasteiger partial charge on any atom is -0.464 e. The summed E-state index contributed by atoms with van der Waals surface area (Å²) in [5.74, 6) is -1.77. The van der Waals surface area contributed by atoms with E-state index in [1.807, 2.05) is 0 Å². The predicted octanol–water partition coefficient (Wildman–Crippen LogP) is 1.87. The number of Topliss-reactive ketones (excluding diaryl/α,β-unsaturated/α-hetero) is 1. The molecule has 0 atom stereocenters. The molecule has 0 saturated carbocycles. The zero-order chi connectivity index (χ0) is 16.4. The molecular formula is C11H12Cl3NO5S. The normalized spacial score (nSPS) is 12.2. The molecule has 10 heteroatoms. The Morgan fingerprint density at radius 2 is 1.90 bits per heavy atom. The fraction of sp³-hybridized carbons (Fsp3) is 0.455. The lowest BCUT2D eigenvalue weighted by Crippen LogP contribution is -2.18. The number of ether oxygens (including phenoxy) is 1.